The van der Waals surface area contributed by atoms with Crippen molar-refractivity contribution < 1.29 is 9.18 Å². The topological polar surface area (TPSA) is 32.7 Å². The lowest BCUT2D eigenvalue weighted by Gasteiger charge is -2.27. The zero-order valence-corrected chi connectivity index (χ0v) is 12.6. The molecule has 0 aromatic heterocycles. The van der Waals surface area contributed by atoms with Gasteiger partial charge in [0.15, 0.2) is 0 Å². The molecule has 0 unspecified atom stereocenters. The van der Waals surface area contributed by atoms with E-state index < -0.39 is 5.82 Å². The van der Waals surface area contributed by atoms with Gasteiger partial charge in [0, 0.05) is 16.7 Å². The first-order valence-electron chi connectivity index (χ1n) is 6.87. The number of amidine groups is 1. The summed E-state index contributed by atoms with van der Waals surface area (Å²) in [5.74, 6) is -0.0182. The van der Waals surface area contributed by atoms with E-state index in [0.29, 0.717) is 17.1 Å². The molecule has 0 N–H and O–H groups in total. The number of halogens is 3. The molecule has 4 rings (SSSR count). The number of aliphatic imine (C=N–C) groups is 1. The highest BCUT2D eigenvalue weighted by Crippen LogP contribution is 2.44. The summed E-state index contributed by atoms with van der Waals surface area (Å²) in [6.45, 7) is 0.164. The molecule has 3 nitrogen and oxygen atoms in total. The summed E-state index contributed by atoms with van der Waals surface area (Å²) < 4.78 is 14.2. The number of fused-ring (bicyclic) bond motifs is 4. The third-order valence-corrected chi connectivity index (χ3v) is 4.82. The predicted molar refractivity (Wildman–Crippen MR) is 80.5 cm³/mol. The van der Waals surface area contributed by atoms with Crippen LogP contribution in [0.15, 0.2) is 22.2 Å². The van der Waals surface area contributed by atoms with E-state index in [9.17, 15) is 9.18 Å². The number of carbonyl (C=O) groups excluding carboxylic acids is 1. The average Bonchev–Trinajstić information content (AvgIpc) is 2.78. The minimum atomic E-state index is -0.545. The number of carbonyl (C=O) groups is 1. The summed E-state index contributed by atoms with van der Waals surface area (Å²) in [5.41, 5.74) is 2.51. The summed E-state index contributed by atoms with van der Waals surface area (Å²) in [4.78, 5) is 18.5. The van der Waals surface area contributed by atoms with Gasteiger partial charge < -0.3 is 0 Å². The van der Waals surface area contributed by atoms with Crippen molar-refractivity contribution in [1.82, 2.24) is 0 Å². The first kappa shape index (κ1) is 13.3. The maximum Gasteiger partial charge on any atom is 0.260 e. The van der Waals surface area contributed by atoms with E-state index in [1.165, 1.54) is 11.0 Å². The van der Waals surface area contributed by atoms with Crippen molar-refractivity contribution in [2.24, 2.45) is 4.99 Å². The third-order valence-electron chi connectivity index (χ3n) is 4.26. The number of benzene rings is 1. The van der Waals surface area contributed by atoms with Gasteiger partial charge in [0.1, 0.15) is 11.7 Å². The molecule has 1 aromatic rings. The SMILES string of the molecule is O=C1C2=C(CCCC2)C2=NCc3c(F)c(Cl)cc(Cl)c3N12. The van der Waals surface area contributed by atoms with Crippen LogP contribution in [0.25, 0.3) is 0 Å². The molecular formula is C15H11Cl2FN2O. The highest BCUT2D eigenvalue weighted by molar-refractivity contribution is 6.42. The zero-order valence-electron chi connectivity index (χ0n) is 11.0. The Morgan fingerprint density at radius 2 is 1.86 bits per heavy atom. The molecule has 108 valence electrons. The van der Waals surface area contributed by atoms with Crippen molar-refractivity contribution in [1.29, 1.82) is 0 Å². The van der Waals surface area contributed by atoms with Crippen molar-refractivity contribution in [2.45, 2.75) is 32.2 Å². The Hall–Kier alpha value is -1.39. The van der Waals surface area contributed by atoms with Crippen molar-refractivity contribution in [3.8, 4) is 0 Å². The van der Waals surface area contributed by atoms with Crippen LogP contribution in [0.4, 0.5) is 10.1 Å². The molecule has 0 saturated heterocycles. The fraction of sp³-hybridized carbons (Fsp3) is 0.333. The van der Waals surface area contributed by atoms with E-state index in [4.69, 9.17) is 23.2 Å². The molecule has 1 aliphatic carbocycles. The summed E-state index contributed by atoms with van der Waals surface area (Å²) in [6, 6.07) is 1.35. The number of hydrogen-bond acceptors (Lipinski definition) is 2. The fourth-order valence-electron chi connectivity index (χ4n) is 3.30. The second kappa shape index (κ2) is 4.55. The molecule has 21 heavy (non-hydrogen) atoms. The Morgan fingerprint density at radius 3 is 2.62 bits per heavy atom. The minimum absolute atomic E-state index is 0.0400. The first-order valence-corrected chi connectivity index (χ1v) is 7.63. The van der Waals surface area contributed by atoms with E-state index in [1.54, 1.807) is 0 Å². The summed E-state index contributed by atoms with van der Waals surface area (Å²) in [7, 11) is 0. The fourth-order valence-corrected chi connectivity index (χ4v) is 3.89. The smallest absolute Gasteiger partial charge is 0.260 e. The van der Waals surface area contributed by atoms with E-state index >= 15 is 0 Å². The molecule has 3 aliphatic rings. The van der Waals surface area contributed by atoms with Crippen molar-refractivity contribution in [3.63, 3.8) is 0 Å². The monoisotopic (exact) mass is 324 g/mol. The number of rotatable bonds is 0. The average molecular weight is 325 g/mol. The van der Waals surface area contributed by atoms with Crippen LogP contribution in [0.2, 0.25) is 10.0 Å². The van der Waals surface area contributed by atoms with Crippen LogP contribution in [0.3, 0.4) is 0 Å². The summed E-state index contributed by atoms with van der Waals surface area (Å²) in [6.07, 6.45) is 3.65. The Balaban J connectivity index is 1.92. The summed E-state index contributed by atoms with van der Waals surface area (Å²) >= 11 is 12.1. The summed E-state index contributed by atoms with van der Waals surface area (Å²) in [5, 5.41) is 0.249. The largest absolute Gasteiger partial charge is 0.269 e. The van der Waals surface area contributed by atoms with Gasteiger partial charge in [-0.2, -0.15) is 0 Å². The van der Waals surface area contributed by atoms with Gasteiger partial charge in [-0.1, -0.05) is 23.2 Å². The van der Waals surface area contributed by atoms with Crippen LogP contribution in [0.1, 0.15) is 31.2 Å². The maximum absolute atomic E-state index is 14.2. The zero-order chi connectivity index (χ0) is 14.7. The van der Waals surface area contributed by atoms with Gasteiger partial charge >= 0.3 is 0 Å². The normalized spacial score (nSPS) is 20.2. The van der Waals surface area contributed by atoms with Gasteiger partial charge in [0.2, 0.25) is 0 Å². The van der Waals surface area contributed by atoms with Gasteiger partial charge in [0.25, 0.3) is 5.91 Å². The third kappa shape index (κ3) is 1.72. The number of nitrogens with zero attached hydrogens (tertiary/aromatic N) is 2. The predicted octanol–water partition coefficient (Wildman–Crippen LogP) is 4.26. The molecular weight excluding hydrogens is 314 g/mol. The molecule has 2 aliphatic heterocycles. The van der Waals surface area contributed by atoms with Crippen LogP contribution in [-0.2, 0) is 11.3 Å². The molecule has 0 radical (unpaired) electrons. The second-order valence-corrected chi connectivity index (χ2v) is 6.24. The Kier molecular flexibility index (Phi) is 2.88. The molecule has 1 aromatic carbocycles. The highest BCUT2D eigenvalue weighted by Gasteiger charge is 2.42. The Morgan fingerprint density at radius 1 is 1.14 bits per heavy atom. The number of hydrogen-bond donors (Lipinski definition) is 0. The molecule has 2 heterocycles. The molecule has 0 fully saturated rings. The van der Waals surface area contributed by atoms with Gasteiger partial charge in [-0.3, -0.25) is 14.7 Å². The van der Waals surface area contributed by atoms with Gasteiger partial charge in [-0.05, 0) is 31.7 Å². The van der Waals surface area contributed by atoms with Crippen molar-refractivity contribution >= 4 is 40.6 Å². The van der Waals surface area contributed by atoms with E-state index in [1.807, 2.05) is 0 Å². The molecule has 0 atom stereocenters. The molecule has 0 bridgehead atoms. The minimum Gasteiger partial charge on any atom is -0.269 e. The van der Waals surface area contributed by atoms with Gasteiger partial charge in [-0.25, -0.2) is 4.39 Å². The van der Waals surface area contributed by atoms with Gasteiger partial charge in [-0.15, -0.1) is 0 Å². The standard InChI is InChI=1S/C15H11Cl2FN2O/c16-10-5-11(17)13-9(12(10)18)6-19-14-7-3-1-2-4-8(7)15(21)20(13)14/h5H,1-4,6H2. The van der Waals surface area contributed by atoms with E-state index in [0.717, 1.165) is 36.8 Å². The maximum atomic E-state index is 14.2. The number of anilines is 1. The van der Waals surface area contributed by atoms with Gasteiger partial charge in [0.05, 0.1) is 22.3 Å². The lowest BCUT2D eigenvalue weighted by atomic mass is 9.93. The molecule has 0 spiro atoms. The van der Waals surface area contributed by atoms with Crippen LogP contribution < -0.4 is 4.90 Å². The van der Waals surface area contributed by atoms with Crippen molar-refractivity contribution in [3.05, 3.63) is 38.6 Å². The number of amides is 1. The molecule has 6 heteroatoms. The Labute approximate surface area is 131 Å². The van der Waals surface area contributed by atoms with E-state index in [2.05, 4.69) is 4.99 Å². The lowest BCUT2D eigenvalue weighted by Crippen LogP contribution is -2.35. The highest BCUT2D eigenvalue weighted by atomic mass is 35.5. The second-order valence-electron chi connectivity index (χ2n) is 5.43. The lowest BCUT2D eigenvalue weighted by molar-refractivity contribution is -0.114. The molecule has 0 saturated carbocycles. The Bertz CT molecular complexity index is 755. The quantitative estimate of drug-likeness (QED) is 0.656. The van der Waals surface area contributed by atoms with Crippen molar-refractivity contribution in [2.75, 3.05) is 4.90 Å². The van der Waals surface area contributed by atoms with Crippen LogP contribution in [-0.4, -0.2) is 11.7 Å². The first-order chi connectivity index (χ1) is 10.1. The van der Waals surface area contributed by atoms with Crippen LogP contribution in [0, 0.1) is 5.82 Å². The molecule has 1 amide bonds. The van der Waals surface area contributed by atoms with Crippen LogP contribution >= 0.6 is 23.2 Å². The van der Waals surface area contributed by atoms with E-state index in [-0.39, 0.29) is 22.5 Å². The van der Waals surface area contributed by atoms with Crippen LogP contribution in [0.5, 0.6) is 0 Å².